The molecule has 0 aliphatic heterocycles. The molecule has 0 spiro atoms. The zero-order chi connectivity index (χ0) is 15.2. The lowest BCUT2D eigenvalue weighted by Gasteiger charge is -2.11. The lowest BCUT2D eigenvalue weighted by Crippen LogP contribution is -1.87. The Morgan fingerprint density at radius 3 is 2.41 bits per heavy atom. The summed E-state index contributed by atoms with van der Waals surface area (Å²) in [5.74, 6) is 1.38. The molecule has 0 saturated heterocycles. The highest BCUT2D eigenvalue weighted by molar-refractivity contribution is 5.70. The molecule has 0 unspecified atom stereocenters. The Hall–Kier alpha value is -3.16. The summed E-state index contributed by atoms with van der Waals surface area (Å²) < 4.78 is 5.96. The van der Waals surface area contributed by atoms with Gasteiger partial charge in [0.2, 0.25) is 6.08 Å². The van der Waals surface area contributed by atoms with Crippen molar-refractivity contribution in [2.45, 2.75) is 0 Å². The number of aliphatic imine (C=N–C) groups is 1. The van der Waals surface area contributed by atoms with Crippen LogP contribution >= 0.6 is 0 Å². The molecule has 0 heterocycles. The molecule has 3 rings (SSSR count). The van der Waals surface area contributed by atoms with E-state index in [0.29, 0.717) is 11.4 Å². The predicted octanol–water partition coefficient (Wildman–Crippen LogP) is 5.11. The SMILES string of the molecule is O=C=Nc1cccc(Oc2ccccc2-c2ccccc2)c1. The summed E-state index contributed by atoms with van der Waals surface area (Å²) in [6, 6.07) is 24.9. The lowest BCUT2D eigenvalue weighted by atomic mass is 10.1. The van der Waals surface area contributed by atoms with E-state index in [1.165, 1.54) is 6.08 Å². The quantitative estimate of drug-likeness (QED) is 0.494. The van der Waals surface area contributed by atoms with Gasteiger partial charge < -0.3 is 4.74 Å². The van der Waals surface area contributed by atoms with Crippen LogP contribution in [0.15, 0.2) is 83.9 Å². The van der Waals surface area contributed by atoms with Crippen molar-refractivity contribution in [1.29, 1.82) is 0 Å². The normalized spacial score (nSPS) is 9.82. The molecule has 0 fully saturated rings. The monoisotopic (exact) mass is 287 g/mol. The van der Waals surface area contributed by atoms with Crippen LogP contribution in [-0.4, -0.2) is 6.08 Å². The average molecular weight is 287 g/mol. The molecule has 0 bridgehead atoms. The van der Waals surface area contributed by atoms with E-state index in [2.05, 4.69) is 4.99 Å². The molecule has 0 atom stereocenters. The van der Waals surface area contributed by atoms with Gasteiger partial charge in [-0.15, -0.1) is 0 Å². The average Bonchev–Trinajstić information content (AvgIpc) is 2.57. The second-order valence-electron chi connectivity index (χ2n) is 4.66. The molecule has 0 radical (unpaired) electrons. The first-order valence-electron chi connectivity index (χ1n) is 6.87. The maximum Gasteiger partial charge on any atom is 0.240 e. The Kier molecular flexibility index (Phi) is 4.10. The smallest absolute Gasteiger partial charge is 0.240 e. The molecule has 0 amide bonds. The van der Waals surface area contributed by atoms with Crippen molar-refractivity contribution >= 4 is 11.8 Å². The van der Waals surface area contributed by atoms with Gasteiger partial charge in [0.15, 0.2) is 0 Å². The van der Waals surface area contributed by atoms with Crippen molar-refractivity contribution in [3.63, 3.8) is 0 Å². The molecule has 0 aliphatic rings. The fourth-order valence-corrected chi connectivity index (χ4v) is 2.21. The van der Waals surface area contributed by atoms with Crippen molar-refractivity contribution < 1.29 is 9.53 Å². The minimum absolute atomic E-state index is 0.518. The van der Waals surface area contributed by atoms with E-state index in [1.807, 2.05) is 60.7 Å². The summed E-state index contributed by atoms with van der Waals surface area (Å²) in [6.45, 7) is 0. The van der Waals surface area contributed by atoms with Crippen LogP contribution in [0, 0.1) is 0 Å². The van der Waals surface area contributed by atoms with E-state index >= 15 is 0 Å². The predicted molar refractivity (Wildman–Crippen MR) is 86.2 cm³/mol. The van der Waals surface area contributed by atoms with Crippen molar-refractivity contribution in [3.05, 3.63) is 78.9 Å². The third kappa shape index (κ3) is 3.11. The van der Waals surface area contributed by atoms with E-state index in [1.54, 1.807) is 18.2 Å². The molecular weight excluding hydrogens is 274 g/mol. The van der Waals surface area contributed by atoms with Gasteiger partial charge in [0.05, 0.1) is 5.69 Å². The van der Waals surface area contributed by atoms with Crippen LogP contribution in [-0.2, 0) is 4.79 Å². The van der Waals surface area contributed by atoms with E-state index in [9.17, 15) is 4.79 Å². The van der Waals surface area contributed by atoms with Crippen molar-refractivity contribution in [3.8, 4) is 22.6 Å². The number of ether oxygens (including phenoxy) is 1. The molecule has 3 aromatic carbocycles. The third-order valence-electron chi connectivity index (χ3n) is 3.19. The first kappa shape index (κ1) is 13.8. The number of para-hydroxylation sites is 1. The lowest BCUT2D eigenvalue weighted by molar-refractivity contribution is 0.484. The first-order valence-corrected chi connectivity index (χ1v) is 6.87. The van der Waals surface area contributed by atoms with Crippen LogP contribution < -0.4 is 4.74 Å². The molecule has 3 nitrogen and oxygen atoms in total. The van der Waals surface area contributed by atoms with Gasteiger partial charge in [-0.05, 0) is 23.8 Å². The number of carbonyl (C=O) groups excluding carboxylic acids is 1. The summed E-state index contributed by atoms with van der Waals surface area (Å²) in [5, 5.41) is 0. The van der Waals surface area contributed by atoms with Crippen LogP contribution in [0.3, 0.4) is 0 Å². The highest BCUT2D eigenvalue weighted by atomic mass is 16.5. The largest absolute Gasteiger partial charge is 0.457 e. The molecule has 22 heavy (non-hydrogen) atoms. The number of rotatable bonds is 4. The number of benzene rings is 3. The fraction of sp³-hybridized carbons (Fsp3) is 0. The van der Waals surface area contributed by atoms with Gasteiger partial charge in [-0.2, -0.15) is 4.99 Å². The molecule has 0 saturated carbocycles. The van der Waals surface area contributed by atoms with Gasteiger partial charge >= 0.3 is 0 Å². The Morgan fingerprint density at radius 1 is 0.818 bits per heavy atom. The Labute approximate surface area is 128 Å². The summed E-state index contributed by atoms with van der Waals surface area (Å²) in [7, 11) is 0. The summed E-state index contributed by atoms with van der Waals surface area (Å²) in [5.41, 5.74) is 2.61. The molecule has 106 valence electrons. The van der Waals surface area contributed by atoms with Crippen LogP contribution in [0.2, 0.25) is 0 Å². The van der Waals surface area contributed by atoms with Crippen molar-refractivity contribution in [2.75, 3.05) is 0 Å². The Bertz CT molecular complexity index is 822. The molecular formula is C19H13NO2. The van der Waals surface area contributed by atoms with Gasteiger partial charge in [0.25, 0.3) is 0 Å². The van der Waals surface area contributed by atoms with Crippen LogP contribution in [0.1, 0.15) is 0 Å². The van der Waals surface area contributed by atoms with E-state index in [0.717, 1.165) is 16.9 Å². The molecule has 3 aromatic rings. The highest BCUT2D eigenvalue weighted by Crippen LogP contribution is 2.33. The summed E-state index contributed by atoms with van der Waals surface area (Å²) in [6.07, 6.45) is 1.53. The summed E-state index contributed by atoms with van der Waals surface area (Å²) >= 11 is 0. The van der Waals surface area contributed by atoms with Crippen molar-refractivity contribution in [2.24, 2.45) is 4.99 Å². The second-order valence-corrected chi connectivity index (χ2v) is 4.66. The topological polar surface area (TPSA) is 38.7 Å². The second kappa shape index (κ2) is 6.53. The number of hydrogen-bond acceptors (Lipinski definition) is 3. The molecule has 3 heteroatoms. The zero-order valence-corrected chi connectivity index (χ0v) is 11.8. The summed E-state index contributed by atoms with van der Waals surface area (Å²) in [4.78, 5) is 14.0. The number of nitrogens with zero attached hydrogens (tertiary/aromatic N) is 1. The van der Waals surface area contributed by atoms with Crippen LogP contribution in [0.5, 0.6) is 11.5 Å². The van der Waals surface area contributed by atoms with E-state index in [-0.39, 0.29) is 0 Å². The number of hydrogen-bond donors (Lipinski definition) is 0. The molecule has 0 aromatic heterocycles. The van der Waals surface area contributed by atoms with E-state index in [4.69, 9.17) is 4.74 Å². The maximum absolute atomic E-state index is 10.4. The molecule has 0 aliphatic carbocycles. The fourth-order valence-electron chi connectivity index (χ4n) is 2.21. The van der Waals surface area contributed by atoms with E-state index < -0.39 is 0 Å². The van der Waals surface area contributed by atoms with Gasteiger partial charge in [-0.1, -0.05) is 54.6 Å². The Morgan fingerprint density at radius 2 is 1.59 bits per heavy atom. The van der Waals surface area contributed by atoms with Crippen molar-refractivity contribution in [1.82, 2.24) is 0 Å². The third-order valence-corrected chi connectivity index (χ3v) is 3.19. The minimum atomic E-state index is 0.518. The van der Waals surface area contributed by atoms with Gasteiger partial charge in [-0.25, -0.2) is 4.79 Å². The highest BCUT2D eigenvalue weighted by Gasteiger charge is 2.06. The first-order chi connectivity index (χ1) is 10.9. The zero-order valence-electron chi connectivity index (χ0n) is 11.8. The number of isocyanates is 1. The van der Waals surface area contributed by atoms with Gasteiger partial charge in [-0.3, -0.25) is 0 Å². The maximum atomic E-state index is 10.4. The molecule has 0 N–H and O–H groups in total. The van der Waals surface area contributed by atoms with Gasteiger partial charge in [0, 0.05) is 11.6 Å². The Balaban J connectivity index is 1.96. The van der Waals surface area contributed by atoms with Crippen LogP contribution in [0.25, 0.3) is 11.1 Å². The minimum Gasteiger partial charge on any atom is -0.457 e. The van der Waals surface area contributed by atoms with Gasteiger partial charge in [0.1, 0.15) is 11.5 Å². The van der Waals surface area contributed by atoms with Crippen LogP contribution in [0.4, 0.5) is 5.69 Å². The standard InChI is InChI=1S/C19H13NO2/c21-14-20-16-9-6-10-17(13-16)22-19-12-5-4-11-18(19)15-7-2-1-3-8-15/h1-13H.